The van der Waals surface area contributed by atoms with Crippen LogP contribution in [-0.4, -0.2) is 24.6 Å². The lowest BCUT2D eigenvalue weighted by atomic mass is 10.1. The van der Waals surface area contributed by atoms with E-state index >= 15 is 0 Å². The van der Waals surface area contributed by atoms with E-state index in [9.17, 15) is 4.79 Å². The molecule has 4 nitrogen and oxygen atoms in total. The molecule has 138 valence electrons. The van der Waals surface area contributed by atoms with Gasteiger partial charge in [0.1, 0.15) is 5.75 Å². The summed E-state index contributed by atoms with van der Waals surface area (Å²) < 4.78 is 6.81. The van der Waals surface area contributed by atoms with Crippen molar-refractivity contribution in [3.05, 3.63) is 52.0 Å². The van der Waals surface area contributed by atoms with Crippen molar-refractivity contribution in [1.82, 2.24) is 0 Å². The average molecular weight is 438 g/mol. The van der Waals surface area contributed by atoms with Gasteiger partial charge in [-0.1, -0.05) is 27.5 Å². The predicted octanol–water partition coefficient (Wildman–Crippen LogP) is 5.50. The molecule has 0 saturated carbocycles. The summed E-state index contributed by atoms with van der Waals surface area (Å²) >= 11 is 9.81. The van der Waals surface area contributed by atoms with Gasteiger partial charge in [0.05, 0.1) is 10.7 Å². The number of hydrogen-bond donors (Lipinski definition) is 1. The molecule has 0 aliphatic carbocycles. The third-order valence-corrected chi connectivity index (χ3v) is 5.22. The molecule has 0 unspecified atom stereocenters. The summed E-state index contributed by atoms with van der Waals surface area (Å²) in [6, 6.07) is 13.0. The van der Waals surface area contributed by atoms with Crippen molar-refractivity contribution in [1.29, 1.82) is 0 Å². The highest BCUT2D eigenvalue weighted by Gasteiger charge is 2.30. The smallest absolute Gasteiger partial charge is 0.267 e. The lowest BCUT2D eigenvalue weighted by Gasteiger charge is -2.26. The van der Waals surface area contributed by atoms with Gasteiger partial charge in [0.2, 0.25) is 0 Å². The molecule has 2 aromatic rings. The number of benzene rings is 2. The van der Waals surface area contributed by atoms with Crippen LogP contribution in [0.15, 0.2) is 46.9 Å². The number of rotatable bonds is 5. The van der Waals surface area contributed by atoms with Crippen LogP contribution in [0.3, 0.4) is 0 Å². The van der Waals surface area contributed by atoms with Crippen molar-refractivity contribution >= 4 is 44.8 Å². The van der Waals surface area contributed by atoms with E-state index in [1.165, 1.54) is 12.8 Å². The van der Waals surface area contributed by atoms with Crippen LogP contribution in [0.4, 0.5) is 11.4 Å². The normalized spacial score (nSPS) is 14.4. The number of halogens is 2. The van der Waals surface area contributed by atoms with E-state index in [1.54, 1.807) is 19.9 Å². The van der Waals surface area contributed by atoms with Gasteiger partial charge in [-0.25, -0.2) is 0 Å². The third-order valence-electron chi connectivity index (χ3n) is 4.39. The van der Waals surface area contributed by atoms with E-state index in [0.717, 1.165) is 23.2 Å². The van der Waals surface area contributed by atoms with E-state index in [2.05, 4.69) is 26.1 Å². The monoisotopic (exact) mass is 436 g/mol. The van der Waals surface area contributed by atoms with Gasteiger partial charge in [0.25, 0.3) is 5.91 Å². The SMILES string of the molecule is CC(C)(Oc1ccc(Br)cc1)C(=O)Nc1ccc(N2CCCC2)c(Cl)c1. The van der Waals surface area contributed by atoms with Crippen LogP contribution in [0, 0.1) is 0 Å². The molecule has 1 N–H and O–H groups in total. The molecule has 1 saturated heterocycles. The lowest BCUT2D eigenvalue weighted by Crippen LogP contribution is -2.42. The van der Waals surface area contributed by atoms with E-state index in [0.29, 0.717) is 16.5 Å². The van der Waals surface area contributed by atoms with Crippen LogP contribution < -0.4 is 15.0 Å². The quantitative estimate of drug-likeness (QED) is 0.671. The molecule has 2 aromatic carbocycles. The molecule has 0 atom stereocenters. The molecule has 1 heterocycles. The summed E-state index contributed by atoms with van der Waals surface area (Å²) in [7, 11) is 0. The highest BCUT2D eigenvalue weighted by atomic mass is 79.9. The van der Waals surface area contributed by atoms with Gasteiger partial charge < -0.3 is 15.0 Å². The Morgan fingerprint density at radius 1 is 1.15 bits per heavy atom. The first-order chi connectivity index (χ1) is 12.3. The predicted molar refractivity (Wildman–Crippen MR) is 110 cm³/mol. The second kappa shape index (κ2) is 7.89. The van der Waals surface area contributed by atoms with Gasteiger partial charge in [-0.3, -0.25) is 4.79 Å². The molecular weight excluding hydrogens is 416 g/mol. The first-order valence-corrected chi connectivity index (χ1v) is 9.83. The van der Waals surface area contributed by atoms with Crippen LogP contribution in [0.25, 0.3) is 0 Å². The number of ether oxygens (including phenoxy) is 1. The van der Waals surface area contributed by atoms with Crippen LogP contribution in [0.1, 0.15) is 26.7 Å². The van der Waals surface area contributed by atoms with Crippen molar-refractivity contribution in [2.75, 3.05) is 23.3 Å². The van der Waals surface area contributed by atoms with E-state index in [4.69, 9.17) is 16.3 Å². The van der Waals surface area contributed by atoms with Gasteiger partial charge in [-0.2, -0.15) is 0 Å². The standard InChI is InChI=1S/C20H22BrClN2O2/c1-20(2,26-16-8-5-14(21)6-9-16)19(25)23-15-7-10-18(17(22)13-15)24-11-3-4-12-24/h5-10,13H,3-4,11-12H2,1-2H3,(H,23,25). The molecule has 1 amide bonds. The largest absolute Gasteiger partial charge is 0.478 e. The second-order valence-corrected chi connectivity index (χ2v) is 8.20. The van der Waals surface area contributed by atoms with Gasteiger partial charge in [0.15, 0.2) is 5.60 Å². The summed E-state index contributed by atoms with van der Waals surface area (Å²) in [5.74, 6) is 0.404. The van der Waals surface area contributed by atoms with Gasteiger partial charge in [0, 0.05) is 23.2 Å². The maximum Gasteiger partial charge on any atom is 0.267 e. The van der Waals surface area contributed by atoms with Gasteiger partial charge in [-0.15, -0.1) is 0 Å². The molecule has 3 rings (SSSR count). The Morgan fingerprint density at radius 2 is 1.81 bits per heavy atom. The van der Waals surface area contributed by atoms with E-state index < -0.39 is 5.60 Å². The van der Waals surface area contributed by atoms with Gasteiger partial charge in [-0.05, 0) is 69.2 Å². The minimum Gasteiger partial charge on any atom is -0.478 e. The van der Waals surface area contributed by atoms with Crippen molar-refractivity contribution in [2.24, 2.45) is 0 Å². The van der Waals surface area contributed by atoms with Crippen LogP contribution in [0.2, 0.25) is 5.02 Å². The Kier molecular flexibility index (Phi) is 5.78. The van der Waals surface area contributed by atoms with E-state index in [-0.39, 0.29) is 5.91 Å². The first kappa shape index (κ1) is 19.1. The van der Waals surface area contributed by atoms with Crippen molar-refractivity contribution < 1.29 is 9.53 Å². The highest BCUT2D eigenvalue weighted by Crippen LogP contribution is 2.31. The number of nitrogens with one attached hydrogen (secondary N) is 1. The Bertz CT molecular complexity index is 787. The molecule has 0 bridgehead atoms. The summed E-state index contributed by atoms with van der Waals surface area (Å²) in [6.07, 6.45) is 2.38. The minimum atomic E-state index is -1.02. The highest BCUT2D eigenvalue weighted by molar-refractivity contribution is 9.10. The fourth-order valence-electron chi connectivity index (χ4n) is 2.92. The molecular formula is C20H22BrClN2O2. The fraction of sp³-hybridized carbons (Fsp3) is 0.350. The first-order valence-electron chi connectivity index (χ1n) is 8.66. The lowest BCUT2D eigenvalue weighted by molar-refractivity contribution is -0.128. The second-order valence-electron chi connectivity index (χ2n) is 6.88. The molecule has 1 fully saturated rings. The number of carbonyl (C=O) groups is 1. The van der Waals surface area contributed by atoms with Crippen molar-refractivity contribution in [2.45, 2.75) is 32.3 Å². The maximum atomic E-state index is 12.7. The zero-order chi connectivity index (χ0) is 18.7. The summed E-state index contributed by atoms with van der Waals surface area (Å²) in [6.45, 7) is 5.54. The number of nitrogens with zero attached hydrogens (tertiary/aromatic N) is 1. The number of amides is 1. The third kappa shape index (κ3) is 4.51. The van der Waals surface area contributed by atoms with Crippen molar-refractivity contribution in [3.63, 3.8) is 0 Å². The zero-order valence-corrected chi connectivity index (χ0v) is 17.2. The summed E-state index contributed by atoms with van der Waals surface area (Å²) in [5, 5.41) is 3.55. The summed E-state index contributed by atoms with van der Waals surface area (Å²) in [5.41, 5.74) is 0.663. The molecule has 0 spiro atoms. The topological polar surface area (TPSA) is 41.6 Å². The number of carbonyl (C=O) groups excluding carboxylic acids is 1. The molecule has 1 aliphatic rings. The maximum absolute atomic E-state index is 12.7. The Hall–Kier alpha value is -1.72. The fourth-order valence-corrected chi connectivity index (χ4v) is 3.49. The summed E-state index contributed by atoms with van der Waals surface area (Å²) in [4.78, 5) is 14.9. The average Bonchev–Trinajstić information content (AvgIpc) is 3.11. The molecule has 1 aliphatic heterocycles. The van der Waals surface area contributed by atoms with Crippen LogP contribution in [0.5, 0.6) is 5.75 Å². The molecule has 6 heteroatoms. The Morgan fingerprint density at radius 3 is 2.42 bits per heavy atom. The Labute approximate surface area is 167 Å². The zero-order valence-electron chi connectivity index (χ0n) is 14.9. The van der Waals surface area contributed by atoms with Crippen LogP contribution >= 0.6 is 27.5 Å². The number of hydrogen-bond acceptors (Lipinski definition) is 3. The van der Waals surface area contributed by atoms with E-state index in [1.807, 2.05) is 36.4 Å². The molecule has 0 aromatic heterocycles. The van der Waals surface area contributed by atoms with Crippen molar-refractivity contribution in [3.8, 4) is 5.75 Å². The molecule has 26 heavy (non-hydrogen) atoms. The number of anilines is 2. The Balaban J connectivity index is 1.68. The van der Waals surface area contributed by atoms with Crippen LogP contribution in [-0.2, 0) is 4.79 Å². The minimum absolute atomic E-state index is 0.231. The van der Waals surface area contributed by atoms with Gasteiger partial charge >= 0.3 is 0 Å². The molecule has 0 radical (unpaired) electrons.